The third-order valence-corrected chi connectivity index (χ3v) is 2.14. The molecule has 2 N–H and O–H groups in total. The highest BCUT2D eigenvalue weighted by Gasteiger charge is 2.08. The molecule has 0 amide bonds. The van der Waals surface area contributed by atoms with Gasteiger partial charge in [-0.3, -0.25) is 4.79 Å². The van der Waals surface area contributed by atoms with Crippen molar-refractivity contribution in [1.82, 2.24) is 0 Å². The van der Waals surface area contributed by atoms with Crippen LogP contribution < -0.4 is 5.73 Å². The number of carbonyl (C=O) groups is 1. The Hall–Kier alpha value is -0.860. The van der Waals surface area contributed by atoms with Crippen molar-refractivity contribution in [3.63, 3.8) is 0 Å². The van der Waals surface area contributed by atoms with Crippen LogP contribution in [0.4, 0.5) is 0 Å². The fraction of sp³-hybridized carbons (Fsp3) is 0.500. The Morgan fingerprint density at radius 3 is 1.94 bits per heavy atom. The van der Waals surface area contributed by atoms with E-state index in [1.807, 2.05) is 39.8 Å². The van der Waals surface area contributed by atoms with Gasteiger partial charge in [0.05, 0.1) is 6.04 Å². The molecule has 0 radical (unpaired) electrons. The van der Waals surface area contributed by atoms with E-state index in [1.54, 1.807) is 12.1 Å². The van der Waals surface area contributed by atoms with Crippen LogP contribution in [0.2, 0.25) is 5.02 Å². The maximum Gasteiger partial charge on any atom is 0.146 e. The fourth-order valence-electron chi connectivity index (χ4n) is 1.02. The topological polar surface area (TPSA) is 43.1 Å². The molecule has 3 heteroatoms. The summed E-state index contributed by atoms with van der Waals surface area (Å²) in [7, 11) is 0. The van der Waals surface area contributed by atoms with Gasteiger partial charge in [-0.25, -0.2) is 0 Å². The average molecular weight is 258 g/mol. The van der Waals surface area contributed by atoms with Gasteiger partial charge in [-0.1, -0.05) is 51.4 Å². The minimum atomic E-state index is -0.402. The van der Waals surface area contributed by atoms with Crippen molar-refractivity contribution in [3.8, 4) is 0 Å². The molecule has 98 valence electrons. The van der Waals surface area contributed by atoms with Gasteiger partial charge in [-0.05, 0) is 31.0 Å². The highest BCUT2D eigenvalue weighted by molar-refractivity contribution is 6.30. The normalized spacial score (nSPS) is 10.3. The highest BCUT2D eigenvalue weighted by atomic mass is 35.5. The molecule has 0 saturated carbocycles. The lowest BCUT2D eigenvalue weighted by Gasteiger charge is -2.07. The number of carbonyl (C=O) groups excluding carboxylic acids is 1. The van der Waals surface area contributed by atoms with Crippen molar-refractivity contribution >= 4 is 17.4 Å². The molecular weight excluding hydrogens is 234 g/mol. The van der Waals surface area contributed by atoms with Crippen LogP contribution in [0.3, 0.4) is 0 Å². The third-order valence-electron chi connectivity index (χ3n) is 1.89. The number of hydrogen-bond donors (Lipinski definition) is 1. The molecule has 0 spiro atoms. The smallest absolute Gasteiger partial charge is 0.146 e. The average Bonchev–Trinajstić information content (AvgIpc) is 2.37. The van der Waals surface area contributed by atoms with E-state index in [4.69, 9.17) is 17.3 Å². The van der Waals surface area contributed by atoms with Gasteiger partial charge in [0.2, 0.25) is 0 Å². The molecule has 0 fully saturated rings. The molecule has 1 aromatic carbocycles. The Labute approximate surface area is 110 Å². The van der Waals surface area contributed by atoms with Crippen LogP contribution in [0.1, 0.15) is 40.2 Å². The number of nitrogens with two attached hydrogens (primary N) is 1. The summed E-state index contributed by atoms with van der Waals surface area (Å²) in [5.74, 6) is 0.00921. The van der Waals surface area contributed by atoms with E-state index in [1.165, 1.54) is 6.92 Å². The molecule has 0 saturated heterocycles. The second kappa shape index (κ2) is 11.6. The molecule has 0 aliphatic heterocycles. The second-order valence-electron chi connectivity index (χ2n) is 3.05. The van der Waals surface area contributed by atoms with Crippen molar-refractivity contribution in [3.05, 3.63) is 34.9 Å². The quantitative estimate of drug-likeness (QED) is 0.894. The van der Waals surface area contributed by atoms with Crippen molar-refractivity contribution < 1.29 is 4.79 Å². The summed E-state index contributed by atoms with van der Waals surface area (Å²) >= 11 is 5.71. The number of halogens is 1. The SMILES string of the molecule is CC.CC.CC(=O)C(N)Cc1ccc(Cl)cc1. The van der Waals surface area contributed by atoms with Gasteiger partial charge in [-0.2, -0.15) is 0 Å². The summed E-state index contributed by atoms with van der Waals surface area (Å²) in [4.78, 5) is 10.9. The number of rotatable bonds is 3. The van der Waals surface area contributed by atoms with E-state index >= 15 is 0 Å². The Morgan fingerprint density at radius 2 is 1.59 bits per heavy atom. The van der Waals surface area contributed by atoms with E-state index < -0.39 is 6.04 Å². The van der Waals surface area contributed by atoms with Crippen LogP contribution in [-0.2, 0) is 11.2 Å². The maximum atomic E-state index is 10.9. The van der Waals surface area contributed by atoms with E-state index in [9.17, 15) is 4.79 Å². The summed E-state index contributed by atoms with van der Waals surface area (Å²) in [6, 6.07) is 6.95. The zero-order valence-electron chi connectivity index (χ0n) is 11.5. The molecule has 0 bridgehead atoms. The first-order valence-electron chi connectivity index (χ1n) is 6.10. The summed E-state index contributed by atoms with van der Waals surface area (Å²) in [5, 5.41) is 0.695. The molecule has 2 nitrogen and oxygen atoms in total. The molecule has 1 aromatic rings. The number of benzene rings is 1. The first-order chi connectivity index (χ1) is 8.09. The van der Waals surface area contributed by atoms with E-state index in [-0.39, 0.29) is 5.78 Å². The molecule has 0 aliphatic carbocycles. The van der Waals surface area contributed by atoms with Gasteiger partial charge in [0, 0.05) is 5.02 Å². The van der Waals surface area contributed by atoms with Gasteiger partial charge in [0.15, 0.2) is 0 Å². The van der Waals surface area contributed by atoms with Crippen molar-refractivity contribution in [2.45, 2.75) is 47.1 Å². The first-order valence-corrected chi connectivity index (χ1v) is 6.48. The van der Waals surface area contributed by atoms with Crippen LogP contribution in [0, 0.1) is 0 Å². The van der Waals surface area contributed by atoms with Gasteiger partial charge in [0.1, 0.15) is 5.78 Å². The molecule has 0 aromatic heterocycles. The molecule has 1 rings (SSSR count). The van der Waals surface area contributed by atoms with Gasteiger partial charge in [-0.15, -0.1) is 0 Å². The van der Waals surface area contributed by atoms with Gasteiger partial charge < -0.3 is 5.73 Å². The molecule has 17 heavy (non-hydrogen) atoms. The lowest BCUT2D eigenvalue weighted by Crippen LogP contribution is -2.30. The number of ketones is 1. The zero-order chi connectivity index (χ0) is 13.8. The minimum Gasteiger partial charge on any atom is -0.321 e. The molecular formula is C14H24ClNO. The lowest BCUT2D eigenvalue weighted by molar-refractivity contribution is -0.118. The predicted molar refractivity (Wildman–Crippen MR) is 76.5 cm³/mol. The highest BCUT2D eigenvalue weighted by Crippen LogP contribution is 2.10. The minimum absolute atomic E-state index is 0.00921. The monoisotopic (exact) mass is 257 g/mol. The Kier molecular flexibility index (Phi) is 12.6. The fourth-order valence-corrected chi connectivity index (χ4v) is 1.14. The maximum absolute atomic E-state index is 10.9. The zero-order valence-corrected chi connectivity index (χ0v) is 12.2. The van der Waals surface area contributed by atoms with E-state index in [2.05, 4.69) is 0 Å². The molecule has 0 aliphatic rings. The van der Waals surface area contributed by atoms with Crippen molar-refractivity contribution in [2.24, 2.45) is 5.73 Å². The predicted octanol–water partition coefficient (Wildman–Crippen LogP) is 3.85. The lowest BCUT2D eigenvalue weighted by atomic mass is 10.0. The van der Waals surface area contributed by atoms with E-state index in [0.29, 0.717) is 11.4 Å². The van der Waals surface area contributed by atoms with Crippen LogP contribution in [0.25, 0.3) is 0 Å². The summed E-state index contributed by atoms with van der Waals surface area (Å²) in [6.45, 7) is 9.50. The molecule has 0 heterocycles. The summed E-state index contributed by atoms with van der Waals surface area (Å²) in [5.41, 5.74) is 6.64. The second-order valence-corrected chi connectivity index (χ2v) is 3.48. The number of Topliss-reactive ketones (excluding diaryl/α,β-unsaturated/α-hetero) is 1. The van der Waals surface area contributed by atoms with Crippen molar-refractivity contribution in [1.29, 1.82) is 0 Å². The van der Waals surface area contributed by atoms with Crippen LogP contribution in [-0.4, -0.2) is 11.8 Å². The Balaban J connectivity index is 0. The van der Waals surface area contributed by atoms with Crippen LogP contribution in [0.15, 0.2) is 24.3 Å². The molecule has 1 unspecified atom stereocenters. The Bertz CT molecular complexity index is 296. The standard InChI is InChI=1S/C10H12ClNO.2C2H6/c1-7(13)10(12)6-8-2-4-9(11)5-3-8;2*1-2/h2-5,10H,6,12H2,1H3;2*1-2H3. The Morgan fingerprint density at radius 1 is 1.18 bits per heavy atom. The van der Waals surface area contributed by atoms with Crippen molar-refractivity contribution in [2.75, 3.05) is 0 Å². The van der Waals surface area contributed by atoms with Crippen LogP contribution >= 0.6 is 11.6 Å². The van der Waals surface area contributed by atoms with Gasteiger partial charge in [0.25, 0.3) is 0 Å². The third kappa shape index (κ3) is 8.90. The first kappa shape index (κ1) is 18.5. The largest absolute Gasteiger partial charge is 0.321 e. The van der Waals surface area contributed by atoms with Gasteiger partial charge >= 0.3 is 0 Å². The summed E-state index contributed by atoms with van der Waals surface area (Å²) < 4.78 is 0. The summed E-state index contributed by atoms with van der Waals surface area (Å²) in [6.07, 6.45) is 0.576. The molecule has 1 atom stereocenters. The van der Waals surface area contributed by atoms with Crippen LogP contribution in [0.5, 0.6) is 0 Å². The number of hydrogen-bond acceptors (Lipinski definition) is 2. The van der Waals surface area contributed by atoms with E-state index in [0.717, 1.165) is 5.56 Å².